The number of anilines is 1. The van der Waals surface area contributed by atoms with Gasteiger partial charge in [0.2, 0.25) is 0 Å². The Hall–Kier alpha value is -2.19. The Bertz CT molecular complexity index is 603. The Morgan fingerprint density at radius 2 is 2.00 bits per heavy atom. The number of aromatic nitrogens is 2. The number of nitro groups is 1. The topological polar surface area (TPSA) is 107 Å². The quantitative estimate of drug-likeness (QED) is 0.381. The number of hydrogen-bond acceptors (Lipinski definition) is 7. The second-order valence-electron chi connectivity index (χ2n) is 3.64. The van der Waals surface area contributed by atoms with Gasteiger partial charge in [0.15, 0.2) is 0 Å². The maximum absolute atomic E-state index is 10.6. The van der Waals surface area contributed by atoms with Crippen molar-refractivity contribution in [1.82, 2.24) is 9.97 Å². The van der Waals surface area contributed by atoms with E-state index in [1.54, 1.807) is 25.1 Å². The third kappa shape index (κ3) is 3.39. The third-order valence-electron chi connectivity index (χ3n) is 2.23. The molecule has 19 heavy (non-hydrogen) atoms. The van der Waals surface area contributed by atoms with E-state index in [1.807, 2.05) is 0 Å². The summed E-state index contributed by atoms with van der Waals surface area (Å²) in [5.74, 6) is 6.43. The summed E-state index contributed by atoms with van der Waals surface area (Å²) in [6.45, 7) is 1.76. The highest BCUT2D eigenvalue weighted by atomic mass is 32.2. The van der Waals surface area contributed by atoms with Crippen LogP contribution < -0.4 is 11.3 Å². The number of aryl methyl sites for hydroxylation is 1. The number of nitrogen functional groups attached to an aromatic ring is 1. The molecule has 0 bridgehead atoms. The first-order chi connectivity index (χ1) is 9.08. The van der Waals surface area contributed by atoms with Crippen LogP contribution in [0.25, 0.3) is 0 Å². The maximum Gasteiger partial charge on any atom is 0.269 e. The van der Waals surface area contributed by atoms with Gasteiger partial charge in [-0.3, -0.25) is 10.1 Å². The average molecular weight is 277 g/mol. The zero-order valence-corrected chi connectivity index (χ0v) is 10.8. The van der Waals surface area contributed by atoms with Gasteiger partial charge in [-0.15, -0.1) is 0 Å². The lowest BCUT2D eigenvalue weighted by molar-refractivity contribution is -0.384. The summed E-state index contributed by atoms with van der Waals surface area (Å²) in [5, 5.41) is 11.3. The molecule has 2 aromatic rings. The molecule has 0 aliphatic rings. The molecule has 8 heteroatoms. The fourth-order valence-electron chi connectivity index (χ4n) is 1.42. The molecule has 0 aliphatic carbocycles. The zero-order valence-electron chi connectivity index (χ0n) is 10.0. The number of hydrogen-bond donors (Lipinski definition) is 2. The summed E-state index contributed by atoms with van der Waals surface area (Å²) in [6.07, 6.45) is 0. The second kappa shape index (κ2) is 5.63. The van der Waals surface area contributed by atoms with Crippen molar-refractivity contribution < 1.29 is 4.92 Å². The molecule has 1 heterocycles. The van der Waals surface area contributed by atoms with Gasteiger partial charge in [-0.1, -0.05) is 11.8 Å². The lowest BCUT2D eigenvalue weighted by atomic mass is 10.3. The third-order valence-corrected chi connectivity index (χ3v) is 3.16. The van der Waals surface area contributed by atoms with Crippen LogP contribution in [-0.2, 0) is 0 Å². The molecule has 0 unspecified atom stereocenters. The van der Waals surface area contributed by atoms with Gasteiger partial charge in [-0.25, -0.2) is 15.8 Å². The van der Waals surface area contributed by atoms with Gasteiger partial charge in [0.05, 0.1) is 4.92 Å². The van der Waals surface area contributed by atoms with E-state index in [2.05, 4.69) is 15.4 Å². The number of nitrogens with zero attached hydrogens (tertiary/aromatic N) is 3. The SMILES string of the molecule is Cc1nc(NN)cc(Sc2ccc([N+](=O)[O-])cc2)n1. The molecule has 0 fully saturated rings. The summed E-state index contributed by atoms with van der Waals surface area (Å²) >= 11 is 1.38. The molecule has 0 aliphatic heterocycles. The molecule has 98 valence electrons. The van der Waals surface area contributed by atoms with Crippen molar-refractivity contribution in [2.75, 3.05) is 5.43 Å². The number of nitrogens with one attached hydrogen (secondary N) is 1. The van der Waals surface area contributed by atoms with Crippen molar-refractivity contribution in [2.24, 2.45) is 5.84 Å². The van der Waals surface area contributed by atoms with Crippen molar-refractivity contribution in [1.29, 1.82) is 0 Å². The molecular formula is C11H11N5O2S. The smallest absolute Gasteiger partial charge is 0.269 e. The molecule has 0 radical (unpaired) electrons. The van der Waals surface area contributed by atoms with Gasteiger partial charge in [0.1, 0.15) is 16.7 Å². The number of rotatable bonds is 4. The van der Waals surface area contributed by atoms with Crippen LogP contribution in [0.5, 0.6) is 0 Å². The molecule has 0 amide bonds. The first kappa shape index (κ1) is 13.2. The van der Waals surface area contributed by atoms with E-state index in [4.69, 9.17) is 5.84 Å². The van der Waals surface area contributed by atoms with Crippen LogP contribution in [0.1, 0.15) is 5.82 Å². The van der Waals surface area contributed by atoms with Crippen LogP contribution in [0.15, 0.2) is 40.3 Å². The Morgan fingerprint density at radius 3 is 2.58 bits per heavy atom. The van der Waals surface area contributed by atoms with Crippen molar-refractivity contribution in [3.63, 3.8) is 0 Å². The first-order valence-corrected chi connectivity index (χ1v) is 6.15. The predicted molar refractivity (Wildman–Crippen MR) is 71.8 cm³/mol. The molecular weight excluding hydrogens is 266 g/mol. The van der Waals surface area contributed by atoms with E-state index in [1.165, 1.54) is 23.9 Å². The summed E-state index contributed by atoms with van der Waals surface area (Å²) in [6, 6.07) is 7.97. The Morgan fingerprint density at radius 1 is 1.32 bits per heavy atom. The fourth-order valence-corrected chi connectivity index (χ4v) is 2.29. The van der Waals surface area contributed by atoms with Crippen LogP contribution >= 0.6 is 11.8 Å². The van der Waals surface area contributed by atoms with E-state index >= 15 is 0 Å². The van der Waals surface area contributed by atoms with Crippen LogP contribution in [0.2, 0.25) is 0 Å². The zero-order chi connectivity index (χ0) is 13.8. The van der Waals surface area contributed by atoms with Crippen molar-refractivity contribution >= 4 is 23.3 Å². The minimum absolute atomic E-state index is 0.0625. The van der Waals surface area contributed by atoms with Gasteiger partial charge in [-0.05, 0) is 19.1 Å². The van der Waals surface area contributed by atoms with E-state index in [0.717, 1.165) is 4.90 Å². The predicted octanol–water partition coefficient (Wildman–Crippen LogP) is 2.13. The highest BCUT2D eigenvalue weighted by Crippen LogP contribution is 2.28. The van der Waals surface area contributed by atoms with Crippen LogP contribution in [0.3, 0.4) is 0 Å². The molecule has 0 atom stereocenters. The summed E-state index contributed by atoms with van der Waals surface area (Å²) < 4.78 is 0. The Kier molecular flexibility index (Phi) is 3.93. The van der Waals surface area contributed by atoms with Gasteiger partial charge in [-0.2, -0.15) is 0 Å². The minimum Gasteiger partial charge on any atom is -0.308 e. The number of hydrazine groups is 1. The minimum atomic E-state index is -0.431. The molecule has 2 rings (SSSR count). The van der Waals surface area contributed by atoms with Gasteiger partial charge in [0, 0.05) is 23.1 Å². The maximum atomic E-state index is 10.6. The highest BCUT2D eigenvalue weighted by Gasteiger charge is 2.07. The van der Waals surface area contributed by atoms with Gasteiger partial charge < -0.3 is 5.43 Å². The van der Waals surface area contributed by atoms with E-state index in [9.17, 15) is 10.1 Å². The number of nitro benzene ring substituents is 1. The molecule has 1 aromatic carbocycles. The van der Waals surface area contributed by atoms with E-state index in [-0.39, 0.29) is 5.69 Å². The van der Waals surface area contributed by atoms with E-state index < -0.39 is 4.92 Å². The lowest BCUT2D eigenvalue weighted by Crippen LogP contribution is -2.09. The van der Waals surface area contributed by atoms with Crippen LogP contribution in [0.4, 0.5) is 11.5 Å². The van der Waals surface area contributed by atoms with E-state index in [0.29, 0.717) is 16.7 Å². The normalized spacial score (nSPS) is 10.2. The summed E-state index contributed by atoms with van der Waals surface area (Å²) in [7, 11) is 0. The molecule has 1 aromatic heterocycles. The average Bonchev–Trinajstić information content (AvgIpc) is 2.38. The molecule has 3 N–H and O–H groups in total. The monoisotopic (exact) mass is 277 g/mol. The number of nitrogens with two attached hydrogens (primary N) is 1. The van der Waals surface area contributed by atoms with Gasteiger partial charge in [0.25, 0.3) is 5.69 Å². The Labute approximate surface area is 113 Å². The standard InChI is InChI=1S/C11H11N5O2S/c1-7-13-10(15-12)6-11(14-7)19-9-4-2-8(3-5-9)16(17)18/h2-6H,12H2,1H3,(H,13,14,15). The Balaban J connectivity index is 2.21. The fraction of sp³-hybridized carbons (Fsp3) is 0.0909. The number of non-ortho nitro benzene ring substituents is 1. The van der Waals surface area contributed by atoms with Gasteiger partial charge >= 0.3 is 0 Å². The second-order valence-corrected chi connectivity index (χ2v) is 4.73. The summed E-state index contributed by atoms with van der Waals surface area (Å²) in [4.78, 5) is 19.3. The van der Waals surface area contributed by atoms with Crippen molar-refractivity contribution in [2.45, 2.75) is 16.8 Å². The van der Waals surface area contributed by atoms with Crippen LogP contribution in [0, 0.1) is 17.0 Å². The summed E-state index contributed by atoms with van der Waals surface area (Å²) in [5.41, 5.74) is 2.53. The largest absolute Gasteiger partial charge is 0.308 e. The highest BCUT2D eigenvalue weighted by molar-refractivity contribution is 7.99. The van der Waals surface area contributed by atoms with Crippen molar-refractivity contribution in [3.8, 4) is 0 Å². The molecule has 0 saturated carbocycles. The molecule has 0 saturated heterocycles. The number of benzene rings is 1. The molecule has 7 nitrogen and oxygen atoms in total. The lowest BCUT2D eigenvalue weighted by Gasteiger charge is -2.05. The van der Waals surface area contributed by atoms with Crippen LogP contribution in [-0.4, -0.2) is 14.9 Å². The molecule has 0 spiro atoms. The van der Waals surface area contributed by atoms with Crippen molar-refractivity contribution in [3.05, 3.63) is 46.3 Å². The first-order valence-electron chi connectivity index (χ1n) is 5.33.